The van der Waals surface area contributed by atoms with Crippen LogP contribution in [0.3, 0.4) is 0 Å². The van der Waals surface area contributed by atoms with Crippen LogP contribution in [0, 0.1) is 0 Å². The first-order valence-corrected chi connectivity index (χ1v) is 7.18. The van der Waals surface area contributed by atoms with Crippen LogP contribution in [0.15, 0.2) is 28.7 Å². The molecule has 1 nitrogen and oxygen atoms in total. The fourth-order valence-electron chi connectivity index (χ4n) is 1.26. The van der Waals surface area contributed by atoms with Gasteiger partial charge in [0.15, 0.2) is 0 Å². The first kappa shape index (κ1) is 13.4. The molecule has 0 aliphatic rings. The number of carbonyl (C=O) groups excluding carboxylic acids is 1. The quantitative estimate of drug-likeness (QED) is 0.620. The first-order valence-electron chi connectivity index (χ1n) is 4.43. The summed E-state index contributed by atoms with van der Waals surface area (Å²) in [5.74, 6) is -0.163. The van der Waals surface area contributed by atoms with E-state index in [2.05, 4.69) is 15.9 Å². The minimum atomic E-state index is -0.163. The molecule has 2 rings (SSSR count). The Labute approximate surface area is 125 Å². The maximum atomic E-state index is 12.1. The number of rotatable bonds is 2. The van der Waals surface area contributed by atoms with Crippen LogP contribution in [0.1, 0.15) is 15.2 Å². The Hall–Kier alpha value is -0.0600. The molecule has 0 saturated carbocycles. The monoisotopic (exact) mass is 368 g/mol. The zero-order chi connectivity index (χ0) is 12.6. The zero-order valence-electron chi connectivity index (χ0n) is 8.14. The molecule has 0 N–H and O–H groups in total. The van der Waals surface area contributed by atoms with Crippen molar-refractivity contribution in [1.82, 2.24) is 0 Å². The molecule has 1 aromatic carbocycles. The van der Waals surface area contributed by atoms with Crippen molar-refractivity contribution >= 4 is 67.9 Å². The molecule has 0 radical (unpaired) electrons. The van der Waals surface area contributed by atoms with Gasteiger partial charge in [0.25, 0.3) is 0 Å². The van der Waals surface area contributed by atoms with Crippen molar-refractivity contribution in [2.24, 2.45) is 0 Å². The van der Waals surface area contributed by atoms with Gasteiger partial charge in [0, 0.05) is 15.1 Å². The number of carbonyl (C=O) groups is 1. The van der Waals surface area contributed by atoms with Crippen LogP contribution in [0.5, 0.6) is 0 Å². The van der Waals surface area contributed by atoms with Gasteiger partial charge >= 0.3 is 0 Å². The summed E-state index contributed by atoms with van der Waals surface area (Å²) in [5, 5.41) is 0.833. The molecular weight excluding hydrogens is 366 g/mol. The van der Waals surface area contributed by atoms with E-state index in [1.165, 1.54) is 11.3 Å². The summed E-state index contributed by atoms with van der Waals surface area (Å²) in [6.07, 6.45) is 0. The van der Waals surface area contributed by atoms with Gasteiger partial charge in [0.2, 0.25) is 5.78 Å². The van der Waals surface area contributed by atoms with E-state index in [1.54, 1.807) is 24.3 Å². The van der Waals surface area contributed by atoms with Gasteiger partial charge in [0.1, 0.15) is 4.34 Å². The SMILES string of the molecule is O=C(c1cc(Br)c(Cl)s1)c1ccc(Cl)cc1Cl. The maximum Gasteiger partial charge on any atom is 0.204 e. The summed E-state index contributed by atoms with van der Waals surface area (Å²) < 4.78 is 1.25. The third-order valence-corrected chi connectivity index (χ3v) is 5.07. The average Bonchev–Trinajstić information content (AvgIpc) is 2.58. The van der Waals surface area contributed by atoms with Crippen molar-refractivity contribution in [2.75, 3.05) is 0 Å². The third-order valence-electron chi connectivity index (χ3n) is 2.04. The molecule has 17 heavy (non-hydrogen) atoms. The minimum absolute atomic E-state index is 0.163. The summed E-state index contributed by atoms with van der Waals surface area (Å²) in [6.45, 7) is 0. The van der Waals surface area contributed by atoms with Gasteiger partial charge in [0.05, 0.1) is 9.90 Å². The van der Waals surface area contributed by atoms with Gasteiger partial charge in [-0.3, -0.25) is 4.79 Å². The summed E-state index contributed by atoms with van der Waals surface area (Å²) >= 11 is 22.1. The van der Waals surface area contributed by atoms with Gasteiger partial charge in [-0.1, -0.05) is 34.8 Å². The van der Waals surface area contributed by atoms with E-state index in [9.17, 15) is 4.79 Å². The van der Waals surface area contributed by atoms with Gasteiger partial charge < -0.3 is 0 Å². The number of hydrogen-bond donors (Lipinski definition) is 0. The van der Waals surface area contributed by atoms with Crippen LogP contribution in [-0.4, -0.2) is 5.78 Å². The van der Waals surface area contributed by atoms with Crippen molar-refractivity contribution in [3.63, 3.8) is 0 Å². The molecule has 1 aromatic heterocycles. The third kappa shape index (κ3) is 2.85. The molecule has 0 unspecified atom stereocenters. The topological polar surface area (TPSA) is 17.1 Å². The summed E-state index contributed by atoms with van der Waals surface area (Å²) in [4.78, 5) is 12.7. The van der Waals surface area contributed by atoms with Gasteiger partial charge in [-0.25, -0.2) is 0 Å². The minimum Gasteiger partial charge on any atom is -0.288 e. The predicted octanol–water partition coefficient (Wildman–Crippen LogP) is 5.70. The molecule has 88 valence electrons. The Balaban J connectivity index is 2.43. The van der Waals surface area contributed by atoms with Crippen LogP contribution in [0.4, 0.5) is 0 Å². The molecule has 2 aromatic rings. The molecule has 0 fully saturated rings. The van der Waals surface area contributed by atoms with E-state index in [4.69, 9.17) is 34.8 Å². The van der Waals surface area contributed by atoms with Crippen LogP contribution < -0.4 is 0 Å². The largest absolute Gasteiger partial charge is 0.288 e. The lowest BCUT2D eigenvalue weighted by atomic mass is 10.1. The molecule has 0 atom stereocenters. The van der Waals surface area contributed by atoms with Gasteiger partial charge in [-0.05, 0) is 40.2 Å². The Bertz CT molecular complexity index is 575. The predicted molar refractivity (Wildman–Crippen MR) is 76.9 cm³/mol. The highest BCUT2D eigenvalue weighted by atomic mass is 79.9. The van der Waals surface area contributed by atoms with E-state index in [0.29, 0.717) is 29.3 Å². The number of halogens is 4. The molecule has 6 heteroatoms. The maximum absolute atomic E-state index is 12.1. The summed E-state index contributed by atoms with van der Waals surface area (Å²) in [7, 11) is 0. The number of ketones is 1. The number of benzene rings is 1. The lowest BCUT2D eigenvalue weighted by Crippen LogP contribution is -1.99. The molecule has 1 heterocycles. The fraction of sp³-hybridized carbons (Fsp3) is 0. The Morgan fingerprint density at radius 3 is 2.41 bits per heavy atom. The molecule has 0 saturated heterocycles. The Morgan fingerprint density at radius 2 is 1.88 bits per heavy atom. The second-order valence-electron chi connectivity index (χ2n) is 3.19. The van der Waals surface area contributed by atoms with Crippen LogP contribution >= 0.6 is 62.1 Å². The van der Waals surface area contributed by atoms with Gasteiger partial charge in [-0.15, -0.1) is 11.3 Å². The van der Waals surface area contributed by atoms with E-state index in [1.807, 2.05) is 0 Å². The normalized spacial score (nSPS) is 10.6. The van der Waals surface area contributed by atoms with Crippen molar-refractivity contribution in [1.29, 1.82) is 0 Å². The Kier molecular flexibility index (Phi) is 4.16. The second kappa shape index (κ2) is 5.29. The van der Waals surface area contributed by atoms with Crippen molar-refractivity contribution < 1.29 is 4.79 Å². The first-order chi connectivity index (χ1) is 7.99. The molecule has 0 aliphatic heterocycles. The van der Waals surface area contributed by atoms with Crippen molar-refractivity contribution in [2.45, 2.75) is 0 Å². The van der Waals surface area contributed by atoms with Gasteiger partial charge in [-0.2, -0.15) is 0 Å². The van der Waals surface area contributed by atoms with E-state index >= 15 is 0 Å². The summed E-state index contributed by atoms with van der Waals surface area (Å²) in [5.41, 5.74) is 0.418. The highest BCUT2D eigenvalue weighted by Crippen LogP contribution is 2.34. The molecule has 0 amide bonds. The van der Waals surface area contributed by atoms with E-state index < -0.39 is 0 Å². The molecule has 0 spiro atoms. The highest BCUT2D eigenvalue weighted by molar-refractivity contribution is 9.10. The van der Waals surface area contributed by atoms with Crippen LogP contribution in [0.2, 0.25) is 14.4 Å². The zero-order valence-corrected chi connectivity index (χ0v) is 12.8. The molecular formula is C11H4BrCl3OS. The molecule has 0 bridgehead atoms. The second-order valence-corrected chi connectivity index (χ2v) is 6.54. The van der Waals surface area contributed by atoms with Crippen LogP contribution in [-0.2, 0) is 0 Å². The molecule has 0 aliphatic carbocycles. The average molecular weight is 370 g/mol. The standard InChI is InChI=1S/C11H4BrCl3OS/c12-7-4-9(17-11(7)15)10(16)6-2-1-5(13)3-8(6)14/h1-4H. The fourth-order valence-corrected chi connectivity index (χ4v) is 3.42. The summed E-state index contributed by atoms with van der Waals surface area (Å²) in [6, 6.07) is 6.46. The van der Waals surface area contributed by atoms with Crippen LogP contribution in [0.25, 0.3) is 0 Å². The number of thiophene rings is 1. The highest BCUT2D eigenvalue weighted by Gasteiger charge is 2.17. The van der Waals surface area contributed by atoms with Crippen molar-refractivity contribution in [3.8, 4) is 0 Å². The van der Waals surface area contributed by atoms with Crippen molar-refractivity contribution in [3.05, 3.63) is 53.6 Å². The Morgan fingerprint density at radius 1 is 1.18 bits per heavy atom. The lowest BCUT2D eigenvalue weighted by molar-refractivity contribution is 0.104. The smallest absolute Gasteiger partial charge is 0.204 e. The van der Waals surface area contributed by atoms with E-state index in [-0.39, 0.29) is 5.78 Å². The lowest BCUT2D eigenvalue weighted by Gasteiger charge is -2.01. The van der Waals surface area contributed by atoms with E-state index in [0.717, 1.165) is 0 Å². The number of hydrogen-bond acceptors (Lipinski definition) is 2.